The number of hydrogen-bond donors (Lipinski definition) is 1. The molecule has 88 valence electrons. The number of hydrazone groups is 1. The van der Waals surface area contributed by atoms with E-state index in [-0.39, 0.29) is 0 Å². The summed E-state index contributed by atoms with van der Waals surface area (Å²) >= 11 is 0. The van der Waals surface area contributed by atoms with Crippen LogP contribution in [-0.4, -0.2) is 24.7 Å². The van der Waals surface area contributed by atoms with Crippen molar-refractivity contribution in [2.45, 2.75) is 6.92 Å². The Bertz CT molecular complexity index is 472. The molecule has 3 heteroatoms. The number of likely N-dealkylation sites (N-methyl/N-ethyl adjacent to an activating group) is 1. The summed E-state index contributed by atoms with van der Waals surface area (Å²) in [5, 5.41) is 4.24. The highest BCUT2D eigenvalue weighted by molar-refractivity contribution is 5.83. The molecular formula is C14H17N3. The van der Waals surface area contributed by atoms with Crippen molar-refractivity contribution in [3.8, 4) is 0 Å². The van der Waals surface area contributed by atoms with Crippen LogP contribution < -0.4 is 5.43 Å². The van der Waals surface area contributed by atoms with Gasteiger partial charge in [0.05, 0.1) is 11.9 Å². The van der Waals surface area contributed by atoms with Crippen LogP contribution >= 0.6 is 0 Å². The number of rotatable bonds is 3. The van der Waals surface area contributed by atoms with Crippen LogP contribution in [0.3, 0.4) is 0 Å². The first kappa shape index (κ1) is 11.5. The van der Waals surface area contributed by atoms with Gasteiger partial charge >= 0.3 is 0 Å². The van der Waals surface area contributed by atoms with E-state index in [2.05, 4.69) is 40.7 Å². The molecule has 0 saturated heterocycles. The van der Waals surface area contributed by atoms with E-state index in [4.69, 9.17) is 0 Å². The van der Waals surface area contributed by atoms with E-state index in [0.717, 1.165) is 17.8 Å². The Labute approximate surface area is 102 Å². The van der Waals surface area contributed by atoms with Crippen molar-refractivity contribution < 1.29 is 0 Å². The lowest BCUT2D eigenvalue weighted by Crippen LogP contribution is -2.13. The highest BCUT2D eigenvalue weighted by Gasteiger charge is 1.97. The van der Waals surface area contributed by atoms with Crippen LogP contribution in [0.5, 0.6) is 0 Å². The fourth-order valence-electron chi connectivity index (χ4n) is 1.56. The fourth-order valence-corrected chi connectivity index (χ4v) is 1.56. The zero-order valence-electron chi connectivity index (χ0n) is 10.2. The van der Waals surface area contributed by atoms with Crippen LogP contribution in [0, 0.1) is 6.92 Å². The summed E-state index contributed by atoms with van der Waals surface area (Å²) in [7, 11) is 2.05. The molecule has 0 atom stereocenters. The minimum atomic E-state index is 0.933. The highest BCUT2D eigenvalue weighted by atomic mass is 15.3. The molecule has 17 heavy (non-hydrogen) atoms. The Hall–Kier alpha value is -2.03. The van der Waals surface area contributed by atoms with Crippen molar-refractivity contribution in [2.24, 2.45) is 5.10 Å². The van der Waals surface area contributed by atoms with Gasteiger partial charge in [0.1, 0.15) is 0 Å². The Morgan fingerprint density at radius 2 is 2.18 bits per heavy atom. The van der Waals surface area contributed by atoms with E-state index in [1.165, 1.54) is 5.56 Å². The van der Waals surface area contributed by atoms with Gasteiger partial charge < -0.3 is 4.90 Å². The lowest BCUT2D eigenvalue weighted by molar-refractivity contribution is 0.504. The quantitative estimate of drug-likeness (QED) is 0.635. The minimum absolute atomic E-state index is 0.933. The maximum absolute atomic E-state index is 4.24. The van der Waals surface area contributed by atoms with Gasteiger partial charge in [0.2, 0.25) is 0 Å². The Kier molecular flexibility index (Phi) is 3.60. The number of nitrogens with one attached hydrogen (secondary N) is 1. The average molecular weight is 227 g/mol. The molecule has 3 nitrogen and oxygen atoms in total. The van der Waals surface area contributed by atoms with Crippen molar-refractivity contribution in [1.82, 2.24) is 4.90 Å². The van der Waals surface area contributed by atoms with Crippen LogP contribution in [0.4, 0.5) is 5.69 Å². The molecule has 0 unspecified atom stereocenters. The number of allylic oxidation sites excluding steroid dienone is 2. The molecule has 1 aromatic rings. The first-order valence-corrected chi connectivity index (χ1v) is 5.69. The second kappa shape index (κ2) is 5.34. The van der Waals surface area contributed by atoms with E-state index in [1.54, 1.807) is 0 Å². The molecule has 1 N–H and O–H groups in total. The van der Waals surface area contributed by atoms with Crippen LogP contribution in [0.2, 0.25) is 0 Å². The van der Waals surface area contributed by atoms with Crippen molar-refractivity contribution in [3.63, 3.8) is 0 Å². The molecule has 1 aromatic carbocycles. The van der Waals surface area contributed by atoms with Crippen LogP contribution in [0.25, 0.3) is 0 Å². The highest BCUT2D eigenvalue weighted by Crippen LogP contribution is 2.12. The first-order chi connectivity index (χ1) is 8.25. The maximum atomic E-state index is 4.24. The monoisotopic (exact) mass is 227 g/mol. The molecule has 0 bridgehead atoms. The molecule has 1 aliphatic heterocycles. The van der Waals surface area contributed by atoms with Gasteiger partial charge in [0, 0.05) is 13.6 Å². The third kappa shape index (κ3) is 3.21. The average Bonchev–Trinajstić information content (AvgIpc) is 2.34. The van der Waals surface area contributed by atoms with Crippen molar-refractivity contribution in [3.05, 3.63) is 53.8 Å². The summed E-state index contributed by atoms with van der Waals surface area (Å²) in [5.41, 5.74) is 6.42. The Morgan fingerprint density at radius 3 is 2.88 bits per heavy atom. The zero-order valence-corrected chi connectivity index (χ0v) is 10.2. The smallest absolute Gasteiger partial charge is 0.0590 e. The number of benzene rings is 1. The maximum Gasteiger partial charge on any atom is 0.0590 e. The second-order valence-electron chi connectivity index (χ2n) is 4.14. The van der Waals surface area contributed by atoms with Gasteiger partial charge in [-0.3, -0.25) is 5.43 Å². The van der Waals surface area contributed by atoms with E-state index in [9.17, 15) is 0 Å². The van der Waals surface area contributed by atoms with E-state index >= 15 is 0 Å². The van der Waals surface area contributed by atoms with Gasteiger partial charge in [-0.05, 0) is 36.4 Å². The topological polar surface area (TPSA) is 27.6 Å². The fraction of sp³-hybridized carbons (Fsp3) is 0.214. The minimum Gasteiger partial charge on any atom is -0.377 e. The van der Waals surface area contributed by atoms with E-state index in [1.807, 2.05) is 37.5 Å². The number of hydrogen-bond acceptors (Lipinski definition) is 3. The lowest BCUT2D eigenvalue weighted by atomic mass is 10.2. The zero-order chi connectivity index (χ0) is 12.1. The molecule has 0 radical (unpaired) electrons. The van der Waals surface area contributed by atoms with Crippen LogP contribution in [0.15, 0.2) is 53.3 Å². The summed E-state index contributed by atoms with van der Waals surface area (Å²) in [6, 6.07) is 8.10. The van der Waals surface area contributed by atoms with Crippen LogP contribution in [0.1, 0.15) is 5.56 Å². The number of nitrogens with zero attached hydrogens (tertiary/aromatic N) is 2. The molecule has 0 saturated carbocycles. The molecule has 0 aromatic heterocycles. The summed E-state index contributed by atoms with van der Waals surface area (Å²) in [6.45, 7) is 2.99. The summed E-state index contributed by atoms with van der Waals surface area (Å²) in [5.74, 6) is 0. The van der Waals surface area contributed by atoms with Gasteiger partial charge in [-0.15, -0.1) is 0 Å². The molecule has 1 heterocycles. The van der Waals surface area contributed by atoms with Gasteiger partial charge in [0.25, 0.3) is 0 Å². The summed E-state index contributed by atoms with van der Waals surface area (Å²) in [6.07, 6.45) is 8.08. The lowest BCUT2D eigenvalue weighted by Gasteiger charge is -2.15. The molecule has 0 aliphatic carbocycles. The predicted octanol–water partition coefficient (Wildman–Crippen LogP) is 2.78. The third-order valence-electron chi connectivity index (χ3n) is 2.68. The Balaban J connectivity index is 1.95. The molecule has 1 aliphatic rings. The molecule has 0 spiro atoms. The van der Waals surface area contributed by atoms with Gasteiger partial charge in [-0.1, -0.05) is 24.3 Å². The predicted molar refractivity (Wildman–Crippen MR) is 73.1 cm³/mol. The van der Waals surface area contributed by atoms with E-state index in [0.29, 0.717) is 0 Å². The molecule has 0 amide bonds. The van der Waals surface area contributed by atoms with E-state index < -0.39 is 0 Å². The standard InChI is InChI=1S/C14H17N3/c1-12-5-3-4-6-14(12)16-15-11-13-7-9-17(2)10-8-13/h3-9,11,16H,10H2,1-2H3. The third-order valence-corrected chi connectivity index (χ3v) is 2.68. The van der Waals surface area contributed by atoms with Gasteiger partial charge in [-0.2, -0.15) is 5.10 Å². The van der Waals surface area contributed by atoms with Crippen LogP contribution in [-0.2, 0) is 0 Å². The second-order valence-corrected chi connectivity index (χ2v) is 4.14. The normalized spacial score (nSPS) is 15.2. The molecule has 2 rings (SSSR count). The van der Waals surface area contributed by atoms with Crippen molar-refractivity contribution >= 4 is 11.9 Å². The molecular weight excluding hydrogens is 210 g/mol. The largest absolute Gasteiger partial charge is 0.377 e. The molecule has 0 fully saturated rings. The number of anilines is 1. The van der Waals surface area contributed by atoms with Crippen molar-refractivity contribution in [1.29, 1.82) is 0 Å². The number of para-hydroxylation sites is 1. The summed E-state index contributed by atoms with van der Waals surface area (Å²) in [4.78, 5) is 2.12. The van der Waals surface area contributed by atoms with Gasteiger partial charge in [0.15, 0.2) is 0 Å². The first-order valence-electron chi connectivity index (χ1n) is 5.69. The number of aryl methyl sites for hydroxylation is 1. The Morgan fingerprint density at radius 1 is 1.35 bits per heavy atom. The summed E-state index contributed by atoms with van der Waals surface area (Å²) < 4.78 is 0. The van der Waals surface area contributed by atoms with Gasteiger partial charge in [-0.25, -0.2) is 0 Å². The SMILES string of the molecule is Cc1ccccc1NN=CC1=CCN(C)C=C1. The van der Waals surface area contributed by atoms with Crippen molar-refractivity contribution in [2.75, 3.05) is 19.0 Å².